The molecule has 26 heavy (non-hydrogen) atoms. The number of halogens is 2. The van der Waals surface area contributed by atoms with Crippen molar-refractivity contribution in [3.8, 4) is 5.75 Å². The summed E-state index contributed by atoms with van der Waals surface area (Å²) in [6, 6.07) is 12.0. The number of hydrogen-bond acceptors (Lipinski definition) is 4. The molecule has 2 aromatic rings. The normalized spacial score (nSPS) is 10.5. The zero-order valence-corrected chi connectivity index (χ0v) is 15.9. The highest BCUT2D eigenvalue weighted by molar-refractivity contribution is 6.39. The largest absolute Gasteiger partial charge is 0.495 e. The fourth-order valence-corrected chi connectivity index (χ4v) is 2.77. The lowest BCUT2D eigenvalue weighted by Crippen LogP contribution is -2.36. The molecule has 0 fully saturated rings. The van der Waals surface area contributed by atoms with Crippen LogP contribution in [0.5, 0.6) is 5.75 Å². The average Bonchev–Trinajstić information content (AvgIpc) is 2.58. The molecule has 8 heteroatoms. The minimum atomic E-state index is -0.326. The van der Waals surface area contributed by atoms with E-state index in [1.54, 1.807) is 48.3 Å². The Hall–Kier alpha value is -2.28. The maximum absolute atomic E-state index is 12.2. The summed E-state index contributed by atoms with van der Waals surface area (Å²) in [4.78, 5) is 25.9. The molecule has 2 N–H and O–H groups in total. The number of para-hydroxylation sites is 3. The fourth-order valence-electron chi connectivity index (χ4n) is 2.28. The number of methoxy groups -OCH3 is 1. The monoisotopic (exact) mass is 395 g/mol. The predicted octanol–water partition coefficient (Wildman–Crippen LogP) is 3.51. The van der Waals surface area contributed by atoms with Crippen molar-refractivity contribution in [3.05, 3.63) is 52.5 Å². The van der Waals surface area contributed by atoms with E-state index in [9.17, 15) is 9.59 Å². The lowest BCUT2D eigenvalue weighted by molar-refractivity contribution is -0.119. The number of ether oxygens (including phenoxy) is 1. The number of likely N-dealkylation sites (N-methyl/N-ethyl adjacent to an activating group) is 1. The smallest absolute Gasteiger partial charge is 0.238 e. The minimum absolute atomic E-state index is 0.000890. The molecule has 0 saturated heterocycles. The van der Waals surface area contributed by atoms with Gasteiger partial charge in [0.2, 0.25) is 11.8 Å². The molecular formula is C18H19Cl2N3O3. The van der Waals surface area contributed by atoms with Crippen molar-refractivity contribution in [3.63, 3.8) is 0 Å². The van der Waals surface area contributed by atoms with Crippen molar-refractivity contribution in [2.24, 2.45) is 0 Å². The van der Waals surface area contributed by atoms with E-state index in [1.165, 1.54) is 7.11 Å². The van der Waals surface area contributed by atoms with E-state index in [1.807, 2.05) is 6.07 Å². The van der Waals surface area contributed by atoms with Crippen LogP contribution in [-0.4, -0.2) is 44.0 Å². The molecule has 0 saturated carbocycles. The summed E-state index contributed by atoms with van der Waals surface area (Å²) in [7, 11) is 3.19. The number of anilines is 2. The third-order valence-corrected chi connectivity index (χ3v) is 4.07. The maximum atomic E-state index is 12.2. The van der Waals surface area contributed by atoms with Gasteiger partial charge in [-0.3, -0.25) is 14.5 Å². The number of rotatable bonds is 7. The van der Waals surface area contributed by atoms with Crippen molar-refractivity contribution in [2.75, 3.05) is 37.9 Å². The third-order valence-electron chi connectivity index (χ3n) is 3.44. The number of hydrogen-bond donors (Lipinski definition) is 2. The van der Waals surface area contributed by atoms with Gasteiger partial charge in [-0.25, -0.2) is 0 Å². The first-order valence-electron chi connectivity index (χ1n) is 7.76. The molecule has 0 aliphatic carbocycles. The Kier molecular flexibility index (Phi) is 7.26. The first kappa shape index (κ1) is 20.0. The van der Waals surface area contributed by atoms with E-state index < -0.39 is 0 Å². The van der Waals surface area contributed by atoms with Crippen molar-refractivity contribution in [2.45, 2.75) is 0 Å². The first-order chi connectivity index (χ1) is 12.4. The summed E-state index contributed by atoms with van der Waals surface area (Å²) in [6.07, 6.45) is 0. The molecule has 0 aliphatic heterocycles. The Bertz CT molecular complexity index is 779. The molecule has 0 bridgehead atoms. The van der Waals surface area contributed by atoms with Gasteiger partial charge in [0.1, 0.15) is 5.75 Å². The Morgan fingerprint density at radius 3 is 2.15 bits per heavy atom. The molecule has 0 aromatic heterocycles. The minimum Gasteiger partial charge on any atom is -0.495 e. The maximum Gasteiger partial charge on any atom is 0.238 e. The highest BCUT2D eigenvalue weighted by atomic mass is 35.5. The number of benzene rings is 2. The second-order valence-corrected chi connectivity index (χ2v) is 6.38. The van der Waals surface area contributed by atoms with Gasteiger partial charge in [0.25, 0.3) is 0 Å². The van der Waals surface area contributed by atoms with Crippen LogP contribution in [0.2, 0.25) is 10.0 Å². The number of nitrogens with zero attached hydrogens (tertiary/aromatic N) is 1. The molecule has 0 spiro atoms. The van der Waals surface area contributed by atoms with E-state index in [0.717, 1.165) is 0 Å². The Balaban J connectivity index is 1.88. The molecular weight excluding hydrogens is 377 g/mol. The molecule has 2 rings (SSSR count). The molecule has 2 aromatic carbocycles. The molecule has 0 heterocycles. The van der Waals surface area contributed by atoms with Crippen molar-refractivity contribution in [1.29, 1.82) is 0 Å². The lowest BCUT2D eigenvalue weighted by Gasteiger charge is -2.17. The number of carbonyl (C=O) groups excluding carboxylic acids is 2. The summed E-state index contributed by atoms with van der Waals surface area (Å²) in [5.74, 6) is -0.0252. The first-order valence-corrected chi connectivity index (χ1v) is 8.51. The number of carbonyl (C=O) groups is 2. The van der Waals surface area contributed by atoms with Crippen LogP contribution in [-0.2, 0) is 9.59 Å². The topological polar surface area (TPSA) is 70.7 Å². The Morgan fingerprint density at radius 2 is 1.54 bits per heavy atom. The molecule has 138 valence electrons. The molecule has 0 radical (unpaired) electrons. The highest BCUT2D eigenvalue weighted by Crippen LogP contribution is 2.29. The molecule has 0 unspecified atom stereocenters. The third kappa shape index (κ3) is 5.62. The van der Waals surface area contributed by atoms with Crippen LogP contribution in [0.3, 0.4) is 0 Å². The summed E-state index contributed by atoms with van der Waals surface area (Å²) in [6.45, 7) is 0.0304. The van der Waals surface area contributed by atoms with Gasteiger partial charge in [-0.2, -0.15) is 0 Å². The van der Waals surface area contributed by atoms with Gasteiger partial charge < -0.3 is 15.4 Å². The number of nitrogens with one attached hydrogen (secondary N) is 2. The number of amides is 2. The SMILES string of the molecule is COc1ccccc1NC(=O)CN(C)CC(=O)Nc1c(Cl)cccc1Cl. The molecule has 0 atom stereocenters. The van der Waals surface area contributed by atoms with Gasteiger partial charge >= 0.3 is 0 Å². The van der Waals surface area contributed by atoms with E-state index in [4.69, 9.17) is 27.9 Å². The summed E-state index contributed by atoms with van der Waals surface area (Å²) in [5.41, 5.74) is 0.924. The zero-order chi connectivity index (χ0) is 19.1. The van der Waals surface area contributed by atoms with Gasteiger partial charge in [-0.1, -0.05) is 41.4 Å². The van der Waals surface area contributed by atoms with Crippen molar-refractivity contribution < 1.29 is 14.3 Å². The van der Waals surface area contributed by atoms with Gasteiger partial charge in [0.15, 0.2) is 0 Å². The van der Waals surface area contributed by atoms with Gasteiger partial charge in [0, 0.05) is 0 Å². The zero-order valence-electron chi connectivity index (χ0n) is 14.4. The van der Waals surface area contributed by atoms with Gasteiger partial charge in [-0.05, 0) is 31.3 Å². The van der Waals surface area contributed by atoms with Crippen LogP contribution in [0.1, 0.15) is 0 Å². The fraction of sp³-hybridized carbons (Fsp3) is 0.222. The van der Waals surface area contributed by atoms with Crippen LogP contribution >= 0.6 is 23.2 Å². The van der Waals surface area contributed by atoms with Crippen LogP contribution in [0.4, 0.5) is 11.4 Å². The average molecular weight is 396 g/mol. The summed E-state index contributed by atoms with van der Waals surface area (Å²) < 4.78 is 5.19. The predicted molar refractivity (Wildman–Crippen MR) is 104 cm³/mol. The van der Waals surface area contributed by atoms with Gasteiger partial charge in [-0.15, -0.1) is 0 Å². The molecule has 2 amide bonds. The Morgan fingerprint density at radius 1 is 0.962 bits per heavy atom. The molecule has 0 aliphatic rings. The standard InChI is InChI=1S/C18H19Cl2N3O3/c1-23(10-16(24)21-14-8-3-4-9-15(14)26-2)11-17(25)22-18-12(19)6-5-7-13(18)20/h3-9H,10-11H2,1-2H3,(H,21,24)(H,22,25). The van der Waals surface area contributed by atoms with Crippen LogP contribution < -0.4 is 15.4 Å². The van der Waals surface area contributed by atoms with E-state index in [0.29, 0.717) is 27.2 Å². The van der Waals surface area contributed by atoms with Crippen LogP contribution in [0, 0.1) is 0 Å². The summed E-state index contributed by atoms with van der Waals surface area (Å²) in [5, 5.41) is 6.11. The van der Waals surface area contributed by atoms with Gasteiger partial charge in [0.05, 0.1) is 41.6 Å². The second kappa shape index (κ2) is 9.43. The highest BCUT2D eigenvalue weighted by Gasteiger charge is 2.14. The van der Waals surface area contributed by atoms with E-state index in [-0.39, 0.29) is 24.9 Å². The van der Waals surface area contributed by atoms with E-state index in [2.05, 4.69) is 10.6 Å². The van der Waals surface area contributed by atoms with Crippen molar-refractivity contribution in [1.82, 2.24) is 4.90 Å². The Labute approximate surface area is 162 Å². The lowest BCUT2D eigenvalue weighted by atomic mass is 10.3. The van der Waals surface area contributed by atoms with Crippen LogP contribution in [0.15, 0.2) is 42.5 Å². The van der Waals surface area contributed by atoms with Crippen molar-refractivity contribution >= 4 is 46.4 Å². The second-order valence-electron chi connectivity index (χ2n) is 5.57. The quantitative estimate of drug-likeness (QED) is 0.752. The van der Waals surface area contributed by atoms with E-state index >= 15 is 0 Å². The summed E-state index contributed by atoms with van der Waals surface area (Å²) >= 11 is 12.0. The van der Waals surface area contributed by atoms with Crippen LogP contribution in [0.25, 0.3) is 0 Å². The molecule has 6 nitrogen and oxygen atoms in total.